The number of carbonyl (C=O) groups is 2. The summed E-state index contributed by atoms with van der Waals surface area (Å²) in [5.41, 5.74) is -3.69. The van der Waals surface area contributed by atoms with Crippen LogP contribution in [-0.2, 0) is 17.1 Å². The molecule has 1 heterocycles. The van der Waals surface area contributed by atoms with Crippen LogP contribution < -0.4 is 10.6 Å². The van der Waals surface area contributed by atoms with Crippen LogP contribution in [-0.4, -0.2) is 49.4 Å². The van der Waals surface area contributed by atoms with Crippen LogP contribution in [0.2, 0.25) is 0 Å². The van der Waals surface area contributed by atoms with Gasteiger partial charge in [0.25, 0.3) is 5.91 Å². The Morgan fingerprint density at radius 3 is 1.94 bits per heavy atom. The number of nitrogens with one attached hydrogen (secondary N) is 2. The summed E-state index contributed by atoms with van der Waals surface area (Å²) >= 11 is 0. The zero-order valence-electron chi connectivity index (χ0n) is 20.3. The minimum Gasteiger partial charge on any atom is -0.355 e. The van der Waals surface area contributed by atoms with E-state index in [1.54, 1.807) is 0 Å². The van der Waals surface area contributed by atoms with Gasteiger partial charge in [-0.05, 0) is 81.6 Å². The van der Waals surface area contributed by atoms with E-state index in [1.807, 2.05) is 0 Å². The van der Waals surface area contributed by atoms with Gasteiger partial charge in [-0.1, -0.05) is 6.92 Å². The number of hydrogen-bond acceptors (Lipinski definition) is 3. The summed E-state index contributed by atoms with van der Waals surface area (Å²) in [5, 5.41) is 5.51. The number of hydrogen-bond donors (Lipinski definition) is 2. The summed E-state index contributed by atoms with van der Waals surface area (Å²) < 4.78 is 78.2. The molecule has 0 unspecified atom stereocenters. The zero-order chi connectivity index (χ0) is 26.5. The van der Waals surface area contributed by atoms with Gasteiger partial charge in [-0.25, -0.2) is 0 Å². The summed E-state index contributed by atoms with van der Waals surface area (Å²) in [6.45, 7) is 5.11. The molecule has 0 aromatic heterocycles. The van der Waals surface area contributed by atoms with Gasteiger partial charge in [0.15, 0.2) is 0 Å². The summed E-state index contributed by atoms with van der Waals surface area (Å²) in [7, 11) is 0. The minimum atomic E-state index is -5.00. The van der Waals surface area contributed by atoms with Gasteiger partial charge in [-0.15, -0.1) is 0 Å². The lowest BCUT2D eigenvalue weighted by Gasteiger charge is -2.32. The lowest BCUT2D eigenvalue weighted by atomic mass is 9.82. The molecule has 202 valence electrons. The van der Waals surface area contributed by atoms with E-state index in [2.05, 4.69) is 22.5 Å². The molecule has 1 aromatic carbocycles. The van der Waals surface area contributed by atoms with Crippen molar-refractivity contribution < 1.29 is 35.9 Å². The lowest BCUT2D eigenvalue weighted by molar-refractivity contribution is -0.143. The van der Waals surface area contributed by atoms with Crippen LogP contribution in [0.4, 0.5) is 26.3 Å². The van der Waals surface area contributed by atoms with E-state index in [0.717, 1.165) is 51.6 Å². The molecule has 0 radical (unpaired) electrons. The first-order valence-corrected chi connectivity index (χ1v) is 12.4. The van der Waals surface area contributed by atoms with Gasteiger partial charge in [-0.2, -0.15) is 26.3 Å². The molecular formula is C25H33F6N3O2. The topological polar surface area (TPSA) is 61.4 Å². The van der Waals surface area contributed by atoms with Gasteiger partial charge in [0.2, 0.25) is 5.91 Å². The fourth-order valence-electron chi connectivity index (χ4n) is 4.84. The minimum absolute atomic E-state index is 0.00452. The molecule has 0 atom stereocenters. The van der Waals surface area contributed by atoms with Crippen LogP contribution in [0.5, 0.6) is 0 Å². The van der Waals surface area contributed by atoms with Crippen molar-refractivity contribution in [2.75, 3.05) is 32.7 Å². The molecule has 1 saturated carbocycles. The Balaban J connectivity index is 1.42. The van der Waals surface area contributed by atoms with Gasteiger partial charge in [0, 0.05) is 31.1 Å². The van der Waals surface area contributed by atoms with Gasteiger partial charge >= 0.3 is 12.4 Å². The van der Waals surface area contributed by atoms with Crippen molar-refractivity contribution in [1.29, 1.82) is 0 Å². The Morgan fingerprint density at radius 1 is 0.861 bits per heavy atom. The van der Waals surface area contributed by atoms with E-state index in [4.69, 9.17) is 0 Å². The number of amides is 2. The molecule has 2 amide bonds. The Kier molecular flexibility index (Phi) is 9.29. The maximum Gasteiger partial charge on any atom is 0.416 e. The highest BCUT2D eigenvalue weighted by atomic mass is 19.4. The lowest BCUT2D eigenvalue weighted by Crippen LogP contribution is -2.43. The predicted octanol–water partition coefficient (Wildman–Crippen LogP) is 5.11. The second kappa shape index (κ2) is 11.8. The highest BCUT2D eigenvalue weighted by Crippen LogP contribution is 2.36. The van der Waals surface area contributed by atoms with E-state index in [0.29, 0.717) is 31.1 Å². The second-order valence-corrected chi connectivity index (χ2v) is 10.0. The summed E-state index contributed by atoms with van der Waals surface area (Å²) in [5.74, 6) is -0.00403. The normalized spacial score (nSPS) is 22.3. The molecule has 1 aliphatic heterocycles. The monoisotopic (exact) mass is 521 g/mol. The average molecular weight is 522 g/mol. The highest BCUT2D eigenvalue weighted by molar-refractivity contribution is 5.94. The van der Waals surface area contributed by atoms with Crippen LogP contribution >= 0.6 is 0 Å². The fourth-order valence-corrected chi connectivity index (χ4v) is 4.84. The number of carbonyl (C=O) groups excluding carboxylic acids is 2. The maximum atomic E-state index is 13.0. The standard InChI is InChI=1S/C25H33F6N3O2/c1-16-2-4-18(5-3-16)22(35)32-8-11-34-9-6-17(7-10-34)15-33-23(36)19-12-20(24(26,27)28)14-21(13-19)25(29,30)31/h12-14,16-18H,2-11,15H2,1H3,(H,32,35)(H,33,36)/t16-,18-. The third-order valence-electron chi connectivity index (χ3n) is 7.22. The maximum absolute atomic E-state index is 13.0. The van der Waals surface area contributed by atoms with Crippen molar-refractivity contribution in [2.24, 2.45) is 17.8 Å². The molecule has 1 saturated heterocycles. The van der Waals surface area contributed by atoms with Crippen LogP contribution in [0, 0.1) is 17.8 Å². The Bertz CT molecular complexity index is 870. The van der Waals surface area contributed by atoms with Crippen molar-refractivity contribution in [3.8, 4) is 0 Å². The molecule has 1 aromatic rings. The Hall–Kier alpha value is -2.30. The molecule has 0 spiro atoms. The van der Waals surface area contributed by atoms with Gasteiger partial charge in [0.1, 0.15) is 0 Å². The van der Waals surface area contributed by atoms with Crippen molar-refractivity contribution in [1.82, 2.24) is 15.5 Å². The Labute approximate surface area is 207 Å². The van der Waals surface area contributed by atoms with Crippen molar-refractivity contribution in [2.45, 2.75) is 57.8 Å². The molecule has 2 fully saturated rings. The number of rotatable bonds is 7. The third kappa shape index (κ3) is 8.11. The van der Waals surface area contributed by atoms with Gasteiger partial charge in [-0.3, -0.25) is 9.59 Å². The van der Waals surface area contributed by atoms with E-state index >= 15 is 0 Å². The van der Waals surface area contributed by atoms with Crippen molar-refractivity contribution in [3.05, 3.63) is 34.9 Å². The fraction of sp³-hybridized carbons (Fsp3) is 0.680. The highest BCUT2D eigenvalue weighted by Gasteiger charge is 2.37. The SMILES string of the molecule is C[C@H]1CC[C@H](C(=O)NCCN2CCC(CNC(=O)c3cc(C(F)(F)F)cc(C(F)(F)F)c3)CC2)CC1. The van der Waals surface area contributed by atoms with Gasteiger partial charge in [0.05, 0.1) is 11.1 Å². The predicted molar refractivity (Wildman–Crippen MR) is 122 cm³/mol. The van der Waals surface area contributed by atoms with Crippen molar-refractivity contribution >= 4 is 11.8 Å². The van der Waals surface area contributed by atoms with E-state index in [-0.39, 0.29) is 30.4 Å². The van der Waals surface area contributed by atoms with Crippen LogP contribution in [0.3, 0.4) is 0 Å². The first-order valence-electron chi connectivity index (χ1n) is 12.4. The smallest absolute Gasteiger partial charge is 0.355 e. The van der Waals surface area contributed by atoms with Crippen LogP contribution in [0.15, 0.2) is 18.2 Å². The van der Waals surface area contributed by atoms with E-state index < -0.39 is 35.0 Å². The molecule has 2 aliphatic rings. The quantitative estimate of drug-likeness (QED) is 0.491. The number of halogens is 6. The van der Waals surface area contributed by atoms with Crippen LogP contribution in [0.1, 0.15) is 66.9 Å². The molecular weight excluding hydrogens is 488 g/mol. The third-order valence-corrected chi connectivity index (χ3v) is 7.22. The number of nitrogens with zero attached hydrogens (tertiary/aromatic N) is 1. The summed E-state index contributed by atoms with van der Waals surface area (Å²) in [6.07, 6.45) is -4.52. The zero-order valence-corrected chi connectivity index (χ0v) is 20.3. The largest absolute Gasteiger partial charge is 0.416 e. The Morgan fingerprint density at radius 2 is 1.42 bits per heavy atom. The first-order chi connectivity index (χ1) is 16.8. The number of likely N-dealkylation sites (tertiary alicyclic amines) is 1. The summed E-state index contributed by atoms with van der Waals surface area (Å²) in [6, 6.07) is 0.884. The second-order valence-electron chi connectivity index (χ2n) is 10.0. The number of benzene rings is 1. The molecule has 0 bridgehead atoms. The van der Waals surface area contributed by atoms with Crippen molar-refractivity contribution in [3.63, 3.8) is 0 Å². The number of alkyl halides is 6. The number of piperidine rings is 1. The molecule has 5 nitrogen and oxygen atoms in total. The molecule has 36 heavy (non-hydrogen) atoms. The first kappa shape index (κ1) is 28.3. The average Bonchev–Trinajstić information content (AvgIpc) is 2.82. The molecule has 1 aliphatic carbocycles. The molecule has 2 N–H and O–H groups in total. The molecule has 11 heteroatoms. The van der Waals surface area contributed by atoms with Gasteiger partial charge < -0.3 is 15.5 Å². The van der Waals surface area contributed by atoms with Crippen LogP contribution in [0.25, 0.3) is 0 Å². The van der Waals surface area contributed by atoms with E-state index in [9.17, 15) is 35.9 Å². The van der Waals surface area contributed by atoms with E-state index in [1.165, 1.54) is 0 Å². The summed E-state index contributed by atoms with van der Waals surface area (Å²) in [4.78, 5) is 26.9. The molecule has 3 rings (SSSR count).